The van der Waals surface area contributed by atoms with Crippen molar-refractivity contribution in [2.24, 2.45) is 0 Å². The molecule has 1 saturated carbocycles. The van der Waals surface area contributed by atoms with Crippen LogP contribution in [0, 0.1) is 0 Å². The Kier molecular flexibility index (Phi) is 7.02. The molecule has 2 aromatic heterocycles. The lowest BCUT2D eigenvalue weighted by Gasteiger charge is -2.30. The van der Waals surface area contributed by atoms with E-state index in [1.807, 2.05) is 18.2 Å². The first-order valence-corrected chi connectivity index (χ1v) is 11.4. The average Bonchev–Trinajstić information content (AvgIpc) is 3.39. The largest absolute Gasteiger partial charge is 0.343 e. The van der Waals surface area contributed by atoms with E-state index in [-0.39, 0.29) is 30.6 Å². The summed E-state index contributed by atoms with van der Waals surface area (Å²) in [5, 5.41) is 17.2. The lowest BCUT2D eigenvalue weighted by atomic mass is 9.89. The highest BCUT2D eigenvalue weighted by atomic mass is 35.5. The monoisotopic (exact) mass is 471 g/mol. The standard InChI is InChI=1S/C22H26ClN7O3/c1-14(31)27-22(12-6-2-3-7-13-22)20-25-18(33-30-20)11-10-17(32)24-21-26-19(28-29-21)15-8-4-5-9-16(15)23/h4-5,8-9H,2-3,6-7,10-13H2,1H3,(H,27,31)(H2,24,26,28,29,32). The summed E-state index contributed by atoms with van der Waals surface area (Å²) in [6, 6.07) is 7.22. The molecular weight excluding hydrogens is 446 g/mol. The summed E-state index contributed by atoms with van der Waals surface area (Å²) in [7, 11) is 0. The molecule has 1 aliphatic rings. The van der Waals surface area contributed by atoms with Gasteiger partial charge in [0.25, 0.3) is 0 Å². The molecule has 3 aromatic rings. The van der Waals surface area contributed by atoms with Gasteiger partial charge in [-0.25, -0.2) is 0 Å². The Labute approximate surface area is 195 Å². The molecule has 0 aliphatic heterocycles. The van der Waals surface area contributed by atoms with Crippen LogP contribution in [-0.2, 0) is 21.5 Å². The van der Waals surface area contributed by atoms with E-state index in [0.29, 0.717) is 28.1 Å². The maximum absolute atomic E-state index is 12.4. The number of aromatic amines is 1. The highest BCUT2D eigenvalue weighted by molar-refractivity contribution is 6.33. The van der Waals surface area contributed by atoms with Crippen molar-refractivity contribution in [3.8, 4) is 11.4 Å². The zero-order valence-electron chi connectivity index (χ0n) is 18.4. The zero-order chi connectivity index (χ0) is 23.3. The quantitative estimate of drug-likeness (QED) is 0.445. The molecule has 2 heterocycles. The van der Waals surface area contributed by atoms with E-state index in [1.165, 1.54) is 6.92 Å². The third kappa shape index (κ3) is 5.57. The number of nitrogens with zero attached hydrogens (tertiary/aromatic N) is 4. The molecule has 174 valence electrons. The molecule has 33 heavy (non-hydrogen) atoms. The second kappa shape index (κ2) is 10.1. The lowest BCUT2D eigenvalue weighted by molar-refractivity contribution is -0.121. The number of carbonyl (C=O) groups is 2. The number of benzene rings is 1. The number of halogens is 1. The fourth-order valence-corrected chi connectivity index (χ4v) is 4.35. The van der Waals surface area contributed by atoms with E-state index in [1.54, 1.807) is 6.07 Å². The minimum Gasteiger partial charge on any atom is -0.343 e. The minimum atomic E-state index is -0.611. The van der Waals surface area contributed by atoms with Crippen LogP contribution in [0.5, 0.6) is 0 Å². The molecule has 11 heteroatoms. The molecule has 0 unspecified atom stereocenters. The van der Waals surface area contributed by atoms with Gasteiger partial charge in [-0.2, -0.15) is 9.97 Å². The van der Waals surface area contributed by atoms with Crippen molar-refractivity contribution in [1.82, 2.24) is 30.6 Å². The molecule has 0 radical (unpaired) electrons. The number of hydrogen-bond donors (Lipinski definition) is 3. The van der Waals surface area contributed by atoms with Gasteiger partial charge in [0, 0.05) is 25.3 Å². The predicted molar refractivity (Wildman–Crippen MR) is 121 cm³/mol. The van der Waals surface area contributed by atoms with Crippen LogP contribution in [0.1, 0.15) is 63.6 Å². The number of H-pyrrole nitrogens is 1. The van der Waals surface area contributed by atoms with Gasteiger partial charge in [0.1, 0.15) is 5.54 Å². The Morgan fingerprint density at radius 2 is 1.91 bits per heavy atom. The van der Waals surface area contributed by atoms with Gasteiger partial charge in [-0.1, -0.05) is 54.6 Å². The van der Waals surface area contributed by atoms with Crippen molar-refractivity contribution >= 4 is 29.4 Å². The number of aryl methyl sites for hydroxylation is 1. The fourth-order valence-electron chi connectivity index (χ4n) is 4.12. The van der Waals surface area contributed by atoms with Crippen LogP contribution < -0.4 is 10.6 Å². The van der Waals surface area contributed by atoms with Crippen molar-refractivity contribution in [2.45, 2.75) is 63.8 Å². The summed E-state index contributed by atoms with van der Waals surface area (Å²) < 4.78 is 5.40. The van der Waals surface area contributed by atoms with Crippen molar-refractivity contribution in [2.75, 3.05) is 5.32 Å². The lowest BCUT2D eigenvalue weighted by Crippen LogP contribution is -2.45. The number of aromatic nitrogens is 5. The smallest absolute Gasteiger partial charge is 0.249 e. The summed E-state index contributed by atoms with van der Waals surface area (Å²) in [6.07, 6.45) is 6.12. The summed E-state index contributed by atoms with van der Waals surface area (Å²) in [5.74, 6) is 1.04. The highest BCUT2D eigenvalue weighted by Gasteiger charge is 2.38. The van der Waals surface area contributed by atoms with Crippen molar-refractivity contribution in [3.63, 3.8) is 0 Å². The summed E-state index contributed by atoms with van der Waals surface area (Å²) in [6.45, 7) is 1.50. The Morgan fingerprint density at radius 1 is 1.15 bits per heavy atom. The molecule has 2 amide bonds. The molecule has 3 N–H and O–H groups in total. The first kappa shape index (κ1) is 22.9. The third-order valence-corrected chi connectivity index (χ3v) is 6.03. The van der Waals surface area contributed by atoms with E-state index in [4.69, 9.17) is 16.1 Å². The number of anilines is 1. The van der Waals surface area contributed by atoms with Gasteiger partial charge in [0.15, 0.2) is 11.6 Å². The first-order valence-electron chi connectivity index (χ1n) is 11.0. The fraction of sp³-hybridized carbons (Fsp3) is 0.455. The van der Waals surface area contributed by atoms with E-state index >= 15 is 0 Å². The summed E-state index contributed by atoms with van der Waals surface area (Å²) in [5.41, 5.74) is 0.0811. The molecule has 1 aliphatic carbocycles. The number of rotatable bonds is 7. The number of amides is 2. The Bertz CT molecular complexity index is 1120. The van der Waals surface area contributed by atoms with Gasteiger partial charge >= 0.3 is 0 Å². The second-order valence-corrected chi connectivity index (χ2v) is 8.63. The van der Waals surface area contributed by atoms with Crippen molar-refractivity contribution < 1.29 is 14.1 Å². The highest BCUT2D eigenvalue weighted by Crippen LogP contribution is 2.34. The van der Waals surface area contributed by atoms with Gasteiger partial charge in [0.05, 0.1) is 5.02 Å². The molecule has 1 fully saturated rings. The van der Waals surface area contributed by atoms with E-state index in [2.05, 4.69) is 36.0 Å². The Balaban J connectivity index is 1.37. The van der Waals surface area contributed by atoms with Crippen molar-refractivity contribution in [3.05, 3.63) is 41.0 Å². The zero-order valence-corrected chi connectivity index (χ0v) is 19.1. The Morgan fingerprint density at radius 3 is 2.64 bits per heavy atom. The predicted octanol–water partition coefficient (Wildman–Crippen LogP) is 3.77. The maximum Gasteiger partial charge on any atom is 0.249 e. The first-order chi connectivity index (χ1) is 15.9. The van der Waals surface area contributed by atoms with Crippen LogP contribution in [0.2, 0.25) is 5.02 Å². The van der Waals surface area contributed by atoms with Crippen LogP contribution in [0.4, 0.5) is 5.95 Å². The number of nitrogens with one attached hydrogen (secondary N) is 3. The molecule has 0 atom stereocenters. The minimum absolute atomic E-state index is 0.116. The summed E-state index contributed by atoms with van der Waals surface area (Å²) >= 11 is 6.17. The van der Waals surface area contributed by atoms with Crippen molar-refractivity contribution in [1.29, 1.82) is 0 Å². The van der Waals surface area contributed by atoms with E-state index in [9.17, 15) is 9.59 Å². The SMILES string of the molecule is CC(=O)NC1(c2noc(CCC(=O)Nc3n[nH]c(-c4ccccc4Cl)n3)n2)CCCCCC1. The van der Waals surface area contributed by atoms with Crippen LogP contribution in [-0.4, -0.2) is 37.1 Å². The van der Waals surface area contributed by atoms with Gasteiger partial charge in [-0.15, -0.1) is 5.10 Å². The molecule has 10 nitrogen and oxygen atoms in total. The maximum atomic E-state index is 12.4. The van der Waals surface area contributed by atoms with Gasteiger partial charge < -0.3 is 9.84 Å². The summed E-state index contributed by atoms with van der Waals surface area (Å²) in [4.78, 5) is 33.0. The third-order valence-electron chi connectivity index (χ3n) is 5.70. The van der Waals surface area contributed by atoms with Gasteiger partial charge in [-0.05, 0) is 25.0 Å². The van der Waals surface area contributed by atoms with Crippen LogP contribution in [0.3, 0.4) is 0 Å². The molecule has 4 rings (SSSR count). The molecule has 0 spiro atoms. The normalized spacial score (nSPS) is 15.6. The van der Waals surface area contributed by atoms with Crippen LogP contribution in [0.15, 0.2) is 28.8 Å². The number of hydrogen-bond acceptors (Lipinski definition) is 7. The van der Waals surface area contributed by atoms with E-state index < -0.39 is 5.54 Å². The topological polar surface area (TPSA) is 139 Å². The van der Waals surface area contributed by atoms with Gasteiger partial charge in [0.2, 0.25) is 23.7 Å². The molecule has 0 bridgehead atoms. The molecule has 0 saturated heterocycles. The van der Waals surface area contributed by atoms with E-state index in [0.717, 1.165) is 38.5 Å². The van der Waals surface area contributed by atoms with Crippen LogP contribution >= 0.6 is 11.6 Å². The molecular formula is C22H26ClN7O3. The molecule has 1 aromatic carbocycles. The Hall–Kier alpha value is -3.27. The second-order valence-electron chi connectivity index (χ2n) is 8.22. The van der Waals surface area contributed by atoms with Gasteiger partial charge in [-0.3, -0.25) is 20.0 Å². The number of carbonyl (C=O) groups excluding carboxylic acids is 2. The van der Waals surface area contributed by atoms with Crippen LogP contribution in [0.25, 0.3) is 11.4 Å². The average molecular weight is 472 g/mol.